The van der Waals surface area contributed by atoms with E-state index in [4.69, 9.17) is 0 Å². The Morgan fingerprint density at radius 3 is 1.86 bits per heavy atom. The summed E-state index contributed by atoms with van der Waals surface area (Å²) in [6.07, 6.45) is -4.43. The molecule has 0 saturated heterocycles. The number of anilines is 1. The molecule has 0 radical (unpaired) electrons. The molecular weight excluding hydrogens is 296 g/mol. The van der Waals surface area contributed by atoms with E-state index in [9.17, 15) is 26.3 Å². The molecule has 0 aliphatic rings. The number of alkyl halides is 3. The van der Waals surface area contributed by atoms with Crippen LogP contribution in [0, 0.1) is 17.5 Å². The maximum Gasteiger partial charge on any atom is 0.416 e. The second-order valence-electron chi connectivity index (χ2n) is 4.30. The molecule has 0 heterocycles. The number of nitrogens with one attached hydrogen (secondary N) is 1. The Morgan fingerprint density at radius 1 is 0.857 bits per heavy atom. The van der Waals surface area contributed by atoms with Gasteiger partial charge in [-0.2, -0.15) is 13.2 Å². The van der Waals surface area contributed by atoms with Gasteiger partial charge in [0.2, 0.25) is 0 Å². The van der Waals surface area contributed by atoms with Gasteiger partial charge in [-0.15, -0.1) is 0 Å². The predicted octanol–water partition coefficient (Wildman–Crippen LogP) is 4.73. The molecule has 1 N–H and O–H groups in total. The molecule has 0 fully saturated rings. The Morgan fingerprint density at radius 2 is 1.38 bits per heavy atom. The van der Waals surface area contributed by atoms with Crippen molar-refractivity contribution in [1.29, 1.82) is 0 Å². The van der Waals surface area contributed by atoms with Gasteiger partial charge in [0.1, 0.15) is 0 Å². The Labute approximate surface area is 116 Å². The van der Waals surface area contributed by atoms with Crippen molar-refractivity contribution in [1.82, 2.24) is 0 Å². The standard InChI is InChI=1S/C14H9F6N/c15-11-5-8(6-12(16)13(11)17)7-21-10-3-1-9(2-4-10)14(18,19)20/h1-6,21H,7H2. The summed E-state index contributed by atoms with van der Waals surface area (Å²) in [5.41, 5.74) is -0.327. The van der Waals surface area contributed by atoms with Crippen molar-refractivity contribution in [3.8, 4) is 0 Å². The fourth-order valence-electron chi connectivity index (χ4n) is 1.69. The summed E-state index contributed by atoms with van der Waals surface area (Å²) in [4.78, 5) is 0. The number of benzene rings is 2. The van der Waals surface area contributed by atoms with Gasteiger partial charge in [-0.05, 0) is 42.0 Å². The lowest BCUT2D eigenvalue weighted by Gasteiger charge is -2.10. The molecule has 0 aromatic heterocycles. The van der Waals surface area contributed by atoms with Gasteiger partial charge < -0.3 is 5.32 Å². The van der Waals surface area contributed by atoms with Gasteiger partial charge in [0.25, 0.3) is 0 Å². The van der Waals surface area contributed by atoms with Crippen LogP contribution in [0.4, 0.5) is 32.0 Å². The van der Waals surface area contributed by atoms with Crippen molar-refractivity contribution < 1.29 is 26.3 Å². The van der Waals surface area contributed by atoms with E-state index in [1.54, 1.807) is 0 Å². The largest absolute Gasteiger partial charge is 0.416 e. The number of halogens is 6. The van der Waals surface area contributed by atoms with Crippen LogP contribution in [-0.2, 0) is 12.7 Å². The maximum absolute atomic E-state index is 13.0. The lowest BCUT2D eigenvalue weighted by molar-refractivity contribution is -0.137. The van der Waals surface area contributed by atoms with E-state index in [0.717, 1.165) is 24.3 Å². The average molecular weight is 305 g/mol. The van der Waals surface area contributed by atoms with Crippen LogP contribution < -0.4 is 5.32 Å². The summed E-state index contributed by atoms with van der Waals surface area (Å²) in [6, 6.07) is 5.78. The van der Waals surface area contributed by atoms with Crippen LogP contribution in [0.15, 0.2) is 36.4 Å². The van der Waals surface area contributed by atoms with Crippen molar-refractivity contribution in [3.63, 3.8) is 0 Å². The molecular formula is C14H9F6N. The van der Waals surface area contributed by atoms with Gasteiger partial charge in [0, 0.05) is 12.2 Å². The van der Waals surface area contributed by atoms with Crippen molar-refractivity contribution in [3.05, 3.63) is 65.0 Å². The lowest BCUT2D eigenvalue weighted by atomic mass is 10.1. The van der Waals surface area contributed by atoms with Crippen molar-refractivity contribution in [2.45, 2.75) is 12.7 Å². The average Bonchev–Trinajstić information content (AvgIpc) is 2.42. The molecule has 2 rings (SSSR count). The maximum atomic E-state index is 13.0. The highest BCUT2D eigenvalue weighted by Crippen LogP contribution is 2.29. The van der Waals surface area contributed by atoms with Gasteiger partial charge in [0.05, 0.1) is 5.56 Å². The summed E-state index contributed by atoms with van der Waals surface area (Å²) < 4.78 is 75.8. The highest BCUT2D eigenvalue weighted by molar-refractivity contribution is 5.45. The van der Waals surface area contributed by atoms with E-state index < -0.39 is 29.2 Å². The third kappa shape index (κ3) is 3.68. The fraction of sp³-hybridized carbons (Fsp3) is 0.143. The predicted molar refractivity (Wildman–Crippen MR) is 65.1 cm³/mol. The molecule has 1 nitrogen and oxygen atoms in total. The third-order valence-electron chi connectivity index (χ3n) is 2.75. The Kier molecular flexibility index (Phi) is 4.11. The minimum atomic E-state index is -4.43. The second-order valence-corrected chi connectivity index (χ2v) is 4.30. The quantitative estimate of drug-likeness (QED) is 0.638. The molecule has 21 heavy (non-hydrogen) atoms. The summed E-state index contributed by atoms with van der Waals surface area (Å²) in [6.45, 7) is -0.0561. The zero-order valence-electron chi connectivity index (χ0n) is 10.4. The fourth-order valence-corrected chi connectivity index (χ4v) is 1.69. The van der Waals surface area contributed by atoms with Gasteiger partial charge in [0.15, 0.2) is 17.5 Å². The van der Waals surface area contributed by atoms with Gasteiger partial charge in [-0.3, -0.25) is 0 Å². The normalized spacial score (nSPS) is 11.5. The SMILES string of the molecule is Fc1cc(CNc2ccc(C(F)(F)F)cc2)cc(F)c1F. The van der Waals surface area contributed by atoms with E-state index in [1.807, 2.05) is 0 Å². The molecule has 0 bridgehead atoms. The van der Waals surface area contributed by atoms with Gasteiger partial charge in [-0.1, -0.05) is 0 Å². The first kappa shape index (κ1) is 15.2. The minimum Gasteiger partial charge on any atom is -0.381 e. The highest BCUT2D eigenvalue weighted by atomic mass is 19.4. The van der Waals surface area contributed by atoms with Crippen LogP contribution in [0.5, 0.6) is 0 Å². The van der Waals surface area contributed by atoms with Gasteiger partial charge >= 0.3 is 6.18 Å². The van der Waals surface area contributed by atoms with E-state index in [0.29, 0.717) is 5.69 Å². The number of rotatable bonds is 3. The molecule has 2 aromatic carbocycles. The minimum absolute atomic E-state index is 0.0561. The first-order valence-electron chi connectivity index (χ1n) is 5.82. The summed E-state index contributed by atoms with van der Waals surface area (Å²) in [5, 5.41) is 2.69. The zero-order valence-corrected chi connectivity index (χ0v) is 10.4. The van der Waals surface area contributed by atoms with Crippen LogP contribution in [0.1, 0.15) is 11.1 Å². The molecule has 7 heteroatoms. The molecule has 0 saturated carbocycles. The Bertz CT molecular complexity index is 610. The monoisotopic (exact) mass is 305 g/mol. The Balaban J connectivity index is 2.07. The molecule has 0 atom stereocenters. The molecule has 112 valence electrons. The smallest absolute Gasteiger partial charge is 0.381 e. The van der Waals surface area contributed by atoms with Crippen molar-refractivity contribution in [2.75, 3.05) is 5.32 Å². The first-order chi connectivity index (χ1) is 9.77. The summed E-state index contributed by atoms with van der Waals surface area (Å²) >= 11 is 0. The van der Waals surface area contributed by atoms with Crippen LogP contribution >= 0.6 is 0 Å². The van der Waals surface area contributed by atoms with Crippen LogP contribution in [-0.4, -0.2) is 0 Å². The molecule has 0 spiro atoms. The second kappa shape index (κ2) is 5.67. The third-order valence-corrected chi connectivity index (χ3v) is 2.75. The van der Waals surface area contributed by atoms with E-state index in [1.165, 1.54) is 12.1 Å². The van der Waals surface area contributed by atoms with E-state index in [2.05, 4.69) is 5.32 Å². The molecule has 0 aliphatic heterocycles. The first-order valence-corrected chi connectivity index (χ1v) is 5.82. The summed E-state index contributed by atoms with van der Waals surface area (Å²) in [5.74, 6) is -4.20. The number of hydrogen-bond acceptors (Lipinski definition) is 1. The zero-order chi connectivity index (χ0) is 15.6. The molecule has 2 aromatic rings. The van der Waals surface area contributed by atoms with E-state index in [-0.39, 0.29) is 12.1 Å². The topological polar surface area (TPSA) is 12.0 Å². The number of hydrogen-bond donors (Lipinski definition) is 1. The van der Waals surface area contributed by atoms with Crippen LogP contribution in [0.25, 0.3) is 0 Å². The Hall–Kier alpha value is -2.18. The van der Waals surface area contributed by atoms with Crippen molar-refractivity contribution in [2.24, 2.45) is 0 Å². The highest BCUT2D eigenvalue weighted by Gasteiger charge is 2.29. The molecule has 0 unspecified atom stereocenters. The summed E-state index contributed by atoms with van der Waals surface area (Å²) in [7, 11) is 0. The van der Waals surface area contributed by atoms with Crippen molar-refractivity contribution >= 4 is 5.69 Å². The van der Waals surface area contributed by atoms with Gasteiger partial charge in [-0.25, -0.2) is 13.2 Å². The van der Waals surface area contributed by atoms with E-state index >= 15 is 0 Å². The van der Waals surface area contributed by atoms with Crippen LogP contribution in [0.2, 0.25) is 0 Å². The molecule has 0 amide bonds. The lowest BCUT2D eigenvalue weighted by Crippen LogP contribution is -2.06. The van der Waals surface area contributed by atoms with Crippen LogP contribution in [0.3, 0.4) is 0 Å². The molecule has 0 aliphatic carbocycles.